The van der Waals surface area contributed by atoms with Crippen LogP contribution in [0.5, 0.6) is 0 Å². The number of aliphatic carboxylic acids is 1. The van der Waals surface area contributed by atoms with Gasteiger partial charge in [-0.1, -0.05) is 30.3 Å². The molecule has 0 aromatic heterocycles. The molecule has 4 heteroatoms. The Bertz CT molecular complexity index is 581. The van der Waals surface area contributed by atoms with Crippen LogP contribution in [-0.4, -0.2) is 11.1 Å². The topological polar surface area (TPSA) is 63.3 Å². The SMILES string of the molecule is Nc1ccccc1CC(C(=O)O)c1ccc(F)cc1. The van der Waals surface area contributed by atoms with E-state index in [9.17, 15) is 14.3 Å². The van der Waals surface area contributed by atoms with Crippen LogP contribution in [0, 0.1) is 5.82 Å². The second-order valence-corrected chi connectivity index (χ2v) is 4.35. The molecular formula is C15H14FNO2. The first-order valence-corrected chi connectivity index (χ1v) is 5.89. The van der Waals surface area contributed by atoms with Gasteiger partial charge in [0.1, 0.15) is 5.82 Å². The van der Waals surface area contributed by atoms with E-state index in [2.05, 4.69) is 0 Å². The van der Waals surface area contributed by atoms with Gasteiger partial charge in [0, 0.05) is 5.69 Å². The highest BCUT2D eigenvalue weighted by molar-refractivity contribution is 5.77. The van der Waals surface area contributed by atoms with E-state index in [1.165, 1.54) is 24.3 Å². The van der Waals surface area contributed by atoms with Gasteiger partial charge in [-0.25, -0.2) is 4.39 Å². The van der Waals surface area contributed by atoms with E-state index in [1.807, 2.05) is 6.07 Å². The maximum atomic E-state index is 12.9. The summed E-state index contributed by atoms with van der Waals surface area (Å²) in [5, 5.41) is 9.31. The molecule has 0 saturated carbocycles. The highest BCUT2D eigenvalue weighted by Gasteiger charge is 2.21. The van der Waals surface area contributed by atoms with Crippen molar-refractivity contribution in [1.29, 1.82) is 0 Å². The first kappa shape index (κ1) is 13.1. The summed E-state index contributed by atoms with van der Waals surface area (Å²) in [6, 6.07) is 12.7. The molecule has 1 unspecified atom stereocenters. The van der Waals surface area contributed by atoms with Crippen LogP contribution >= 0.6 is 0 Å². The number of nitrogens with two attached hydrogens (primary N) is 1. The molecule has 3 N–H and O–H groups in total. The third-order valence-corrected chi connectivity index (χ3v) is 3.05. The largest absolute Gasteiger partial charge is 0.481 e. The Morgan fingerprint density at radius 2 is 1.79 bits per heavy atom. The summed E-state index contributed by atoms with van der Waals surface area (Å²) in [7, 11) is 0. The van der Waals surface area contributed by atoms with Crippen LogP contribution in [0.4, 0.5) is 10.1 Å². The van der Waals surface area contributed by atoms with Crippen molar-refractivity contribution in [3.8, 4) is 0 Å². The molecule has 2 aromatic carbocycles. The summed E-state index contributed by atoms with van der Waals surface area (Å²) in [5.74, 6) is -2.06. The third kappa shape index (κ3) is 3.10. The monoisotopic (exact) mass is 259 g/mol. The van der Waals surface area contributed by atoms with E-state index in [4.69, 9.17) is 5.73 Å². The molecule has 0 aliphatic heterocycles. The zero-order valence-corrected chi connectivity index (χ0v) is 10.2. The van der Waals surface area contributed by atoms with Crippen molar-refractivity contribution in [2.45, 2.75) is 12.3 Å². The van der Waals surface area contributed by atoms with Crippen molar-refractivity contribution >= 4 is 11.7 Å². The quantitative estimate of drug-likeness (QED) is 0.830. The molecule has 0 radical (unpaired) electrons. The van der Waals surface area contributed by atoms with Crippen LogP contribution in [0.3, 0.4) is 0 Å². The number of nitrogen functional groups attached to an aromatic ring is 1. The summed E-state index contributed by atoms with van der Waals surface area (Å²) >= 11 is 0. The lowest BCUT2D eigenvalue weighted by Gasteiger charge is -2.14. The van der Waals surface area contributed by atoms with Gasteiger partial charge in [-0.15, -0.1) is 0 Å². The average Bonchev–Trinajstić information content (AvgIpc) is 2.39. The fourth-order valence-corrected chi connectivity index (χ4v) is 1.98. The number of benzene rings is 2. The van der Waals surface area contributed by atoms with Crippen LogP contribution in [-0.2, 0) is 11.2 Å². The van der Waals surface area contributed by atoms with E-state index >= 15 is 0 Å². The lowest BCUT2D eigenvalue weighted by atomic mass is 9.91. The zero-order chi connectivity index (χ0) is 13.8. The minimum Gasteiger partial charge on any atom is -0.481 e. The molecule has 0 fully saturated rings. The number of halogens is 1. The summed E-state index contributed by atoms with van der Waals surface area (Å²) in [5.41, 5.74) is 7.73. The van der Waals surface area contributed by atoms with Crippen LogP contribution in [0.2, 0.25) is 0 Å². The molecule has 0 spiro atoms. The van der Waals surface area contributed by atoms with Crippen molar-refractivity contribution in [3.05, 3.63) is 65.5 Å². The lowest BCUT2D eigenvalue weighted by molar-refractivity contribution is -0.138. The van der Waals surface area contributed by atoms with E-state index in [1.54, 1.807) is 18.2 Å². The van der Waals surface area contributed by atoms with Crippen molar-refractivity contribution in [1.82, 2.24) is 0 Å². The Labute approximate surface area is 110 Å². The molecule has 0 aliphatic carbocycles. The predicted octanol–water partition coefficient (Wildman–Crippen LogP) is 2.82. The normalized spacial score (nSPS) is 12.1. The molecule has 1 atom stereocenters. The Morgan fingerprint density at radius 1 is 1.16 bits per heavy atom. The van der Waals surface area contributed by atoms with Gasteiger partial charge in [0.2, 0.25) is 0 Å². The Morgan fingerprint density at radius 3 is 2.37 bits per heavy atom. The fraction of sp³-hybridized carbons (Fsp3) is 0.133. The number of carboxylic acids is 1. The van der Waals surface area contributed by atoms with E-state index in [0.29, 0.717) is 11.3 Å². The number of carboxylic acid groups (broad SMARTS) is 1. The summed E-state index contributed by atoms with van der Waals surface area (Å²) in [4.78, 5) is 11.4. The fourth-order valence-electron chi connectivity index (χ4n) is 1.98. The highest BCUT2D eigenvalue weighted by atomic mass is 19.1. The van der Waals surface area contributed by atoms with Crippen molar-refractivity contribution < 1.29 is 14.3 Å². The maximum Gasteiger partial charge on any atom is 0.311 e. The predicted molar refractivity (Wildman–Crippen MR) is 71.3 cm³/mol. The summed E-state index contributed by atoms with van der Waals surface area (Å²) in [6.45, 7) is 0. The molecule has 0 saturated heterocycles. The molecule has 3 nitrogen and oxygen atoms in total. The van der Waals surface area contributed by atoms with Gasteiger partial charge < -0.3 is 10.8 Å². The number of hydrogen-bond acceptors (Lipinski definition) is 2. The Balaban J connectivity index is 2.29. The zero-order valence-electron chi connectivity index (χ0n) is 10.2. The molecular weight excluding hydrogens is 245 g/mol. The van der Waals surface area contributed by atoms with Crippen LogP contribution in [0.1, 0.15) is 17.0 Å². The second kappa shape index (κ2) is 5.52. The molecule has 0 bridgehead atoms. The molecule has 2 rings (SSSR count). The van der Waals surface area contributed by atoms with Crippen LogP contribution < -0.4 is 5.73 Å². The first-order valence-electron chi connectivity index (χ1n) is 5.89. The van der Waals surface area contributed by atoms with Gasteiger partial charge in [0.15, 0.2) is 0 Å². The minimum absolute atomic E-state index is 0.285. The number of anilines is 1. The van der Waals surface area contributed by atoms with Crippen molar-refractivity contribution in [3.63, 3.8) is 0 Å². The van der Waals surface area contributed by atoms with Gasteiger partial charge in [-0.3, -0.25) is 4.79 Å². The van der Waals surface area contributed by atoms with Crippen LogP contribution in [0.25, 0.3) is 0 Å². The molecule has 98 valence electrons. The minimum atomic E-state index is -0.949. The number of para-hydroxylation sites is 1. The molecule has 0 aliphatic rings. The number of hydrogen-bond donors (Lipinski definition) is 2. The number of carbonyl (C=O) groups is 1. The van der Waals surface area contributed by atoms with Gasteiger partial charge in [0.05, 0.1) is 5.92 Å². The van der Waals surface area contributed by atoms with Crippen molar-refractivity contribution in [2.24, 2.45) is 0 Å². The molecule has 2 aromatic rings. The van der Waals surface area contributed by atoms with Crippen LogP contribution in [0.15, 0.2) is 48.5 Å². The Kier molecular flexibility index (Phi) is 3.80. The van der Waals surface area contributed by atoms with Gasteiger partial charge in [0.25, 0.3) is 0 Å². The molecule has 0 heterocycles. The van der Waals surface area contributed by atoms with Gasteiger partial charge in [-0.2, -0.15) is 0 Å². The van der Waals surface area contributed by atoms with E-state index in [0.717, 1.165) is 5.56 Å². The number of rotatable bonds is 4. The van der Waals surface area contributed by atoms with Crippen molar-refractivity contribution in [2.75, 3.05) is 5.73 Å². The van der Waals surface area contributed by atoms with E-state index in [-0.39, 0.29) is 12.2 Å². The summed E-state index contributed by atoms with van der Waals surface area (Å²) < 4.78 is 12.9. The molecule has 0 amide bonds. The van der Waals surface area contributed by atoms with Gasteiger partial charge >= 0.3 is 5.97 Å². The smallest absolute Gasteiger partial charge is 0.311 e. The second-order valence-electron chi connectivity index (χ2n) is 4.35. The van der Waals surface area contributed by atoms with Gasteiger partial charge in [-0.05, 0) is 35.7 Å². The maximum absolute atomic E-state index is 12.9. The molecule has 19 heavy (non-hydrogen) atoms. The highest BCUT2D eigenvalue weighted by Crippen LogP contribution is 2.24. The third-order valence-electron chi connectivity index (χ3n) is 3.05. The Hall–Kier alpha value is -2.36. The summed E-state index contributed by atoms with van der Waals surface area (Å²) in [6.07, 6.45) is 0.285. The standard InChI is InChI=1S/C15H14FNO2/c16-12-7-5-10(6-8-12)13(15(18)19)9-11-3-1-2-4-14(11)17/h1-8,13H,9,17H2,(H,18,19). The lowest BCUT2D eigenvalue weighted by Crippen LogP contribution is -2.15. The van der Waals surface area contributed by atoms with E-state index < -0.39 is 11.9 Å². The first-order chi connectivity index (χ1) is 9.08. The average molecular weight is 259 g/mol.